The van der Waals surface area contributed by atoms with E-state index in [4.69, 9.17) is 33.8 Å². The van der Waals surface area contributed by atoms with Crippen molar-refractivity contribution >= 4 is 62.7 Å². The number of carbonyl (C=O) groups is 1. The first-order valence-electron chi connectivity index (χ1n) is 9.39. The summed E-state index contributed by atoms with van der Waals surface area (Å²) in [6.45, 7) is 1.70. The summed E-state index contributed by atoms with van der Waals surface area (Å²) in [4.78, 5) is 19.9. The van der Waals surface area contributed by atoms with Crippen molar-refractivity contribution in [1.29, 1.82) is 0 Å². The minimum absolute atomic E-state index is 0.234. The maximum atomic E-state index is 11.8. The molecule has 0 aliphatic carbocycles. The van der Waals surface area contributed by atoms with Gasteiger partial charge in [-0.1, -0.05) is 35.9 Å². The van der Waals surface area contributed by atoms with Crippen LogP contribution in [-0.4, -0.2) is 30.0 Å². The van der Waals surface area contributed by atoms with Crippen molar-refractivity contribution < 1.29 is 4.79 Å². The summed E-state index contributed by atoms with van der Waals surface area (Å²) in [5.41, 5.74) is 20.1. The molecule has 150 valence electrons. The van der Waals surface area contributed by atoms with E-state index in [1.165, 1.54) is 11.3 Å². The number of nitrogens with two attached hydrogens (primary N) is 3. The second kappa shape index (κ2) is 8.02. The zero-order valence-electron chi connectivity index (χ0n) is 15.8. The topological polar surface area (TPSA) is 111 Å². The Morgan fingerprint density at radius 1 is 1.21 bits per heavy atom. The summed E-state index contributed by atoms with van der Waals surface area (Å²) in [5.74, 6) is 0.320. The molecule has 0 saturated carbocycles. The van der Waals surface area contributed by atoms with Crippen molar-refractivity contribution in [3.63, 3.8) is 0 Å². The Kier molecular flexibility index (Phi) is 5.45. The molecule has 0 bridgehead atoms. The molecule has 3 aromatic rings. The molecule has 0 spiro atoms. The molecule has 3 heterocycles. The molecule has 1 saturated heterocycles. The number of piperidine rings is 1. The van der Waals surface area contributed by atoms with E-state index in [1.54, 1.807) is 0 Å². The maximum absolute atomic E-state index is 11.8. The summed E-state index contributed by atoms with van der Waals surface area (Å²) in [7, 11) is 0. The monoisotopic (exact) mass is 427 g/mol. The van der Waals surface area contributed by atoms with E-state index >= 15 is 0 Å². The first kappa shape index (κ1) is 19.7. The number of aromatic nitrogens is 1. The fraction of sp³-hybridized carbons (Fsp3) is 0.238. The predicted octanol–water partition coefficient (Wildman–Crippen LogP) is 3.73. The summed E-state index contributed by atoms with van der Waals surface area (Å²) < 4.78 is 0. The first-order chi connectivity index (χ1) is 13.9. The fourth-order valence-electron chi connectivity index (χ4n) is 3.50. The molecular formula is C21H22ClN5OS. The average molecular weight is 428 g/mol. The third kappa shape index (κ3) is 4.07. The standard InChI is InChI=1S/C21H22ClN5OS/c22-14-5-2-12(3-6-14)1-4-13-11-16(27-9-7-15(23)8-10-27)26-21-17(13)18(24)19(29-21)20(25)28/h1-6,11,15H,7-10,23-24H2,(H2,25,28). The summed E-state index contributed by atoms with van der Waals surface area (Å²) in [5, 5.41) is 1.44. The van der Waals surface area contributed by atoms with Crippen molar-refractivity contribution in [3.8, 4) is 0 Å². The van der Waals surface area contributed by atoms with Gasteiger partial charge in [0.05, 0.1) is 5.69 Å². The number of nitrogen functional groups attached to an aromatic ring is 1. The van der Waals surface area contributed by atoms with Crippen LogP contribution < -0.4 is 22.1 Å². The number of hydrogen-bond acceptors (Lipinski definition) is 6. The van der Waals surface area contributed by atoms with Crippen LogP contribution in [0.3, 0.4) is 0 Å². The van der Waals surface area contributed by atoms with Gasteiger partial charge in [0.15, 0.2) is 0 Å². The van der Waals surface area contributed by atoms with Crippen LogP contribution in [-0.2, 0) is 0 Å². The quantitative estimate of drug-likeness (QED) is 0.587. The third-order valence-electron chi connectivity index (χ3n) is 5.13. The number of pyridine rings is 1. The zero-order chi connectivity index (χ0) is 20.5. The summed E-state index contributed by atoms with van der Waals surface area (Å²) in [6, 6.07) is 9.81. The lowest BCUT2D eigenvalue weighted by Crippen LogP contribution is -2.40. The molecule has 1 aliphatic heterocycles. The number of hydrogen-bond donors (Lipinski definition) is 3. The van der Waals surface area contributed by atoms with Gasteiger partial charge < -0.3 is 22.1 Å². The van der Waals surface area contributed by atoms with E-state index in [1.807, 2.05) is 42.5 Å². The highest BCUT2D eigenvalue weighted by molar-refractivity contribution is 7.21. The first-order valence-corrected chi connectivity index (χ1v) is 10.6. The molecule has 0 unspecified atom stereocenters. The van der Waals surface area contributed by atoms with Crippen LogP contribution in [0.1, 0.15) is 33.6 Å². The highest BCUT2D eigenvalue weighted by atomic mass is 35.5. The van der Waals surface area contributed by atoms with Crippen LogP contribution in [0, 0.1) is 0 Å². The largest absolute Gasteiger partial charge is 0.397 e. The van der Waals surface area contributed by atoms with Gasteiger partial charge in [-0.05, 0) is 42.2 Å². The van der Waals surface area contributed by atoms with Crippen molar-refractivity contribution in [3.05, 3.63) is 51.4 Å². The van der Waals surface area contributed by atoms with E-state index in [-0.39, 0.29) is 6.04 Å². The van der Waals surface area contributed by atoms with Crippen LogP contribution in [0.25, 0.3) is 22.4 Å². The lowest BCUT2D eigenvalue weighted by Gasteiger charge is -2.31. The Labute approximate surface area is 177 Å². The molecule has 1 aromatic carbocycles. The molecule has 0 atom stereocenters. The fourth-order valence-corrected chi connectivity index (χ4v) is 4.60. The number of halogens is 1. The number of anilines is 2. The van der Waals surface area contributed by atoms with Gasteiger partial charge in [-0.3, -0.25) is 4.79 Å². The van der Waals surface area contributed by atoms with Crippen molar-refractivity contribution in [2.75, 3.05) is 23.7 Å². The Bertz CT molecular complexity index is 1080. The molecule has 6 N–H and O–H groups in total. The van der Waals surface area contributed by atoms with Gasteiger partial charge in [0.25, 0.3) is 5.91 Å². The summed E-state index contributed by atoms with van der Waals surface area (Å²) in [6.07, 6.45) is 5.83. The van der Waals surface area contributed by atoms with E-state index in [9.17, 15) is 4.79 Å². The molecular weight excluding hydrogens is 406 g/mol. The lowest BCUT2D eigenvalue weighted by molar-refractivity contribution is 0.100. The molecule has 1 amide bonds. The number of fused-ring (bicyclic) bond motifs is 1. The Hall–Kier alpha value is -2.61. The molecule has 2 aromatic heterocycles. The number of rotatable bonds is 4. The summed E-state index contributed by atoms with van der Waals surface area (Å²) >= 11 is 7.21. The number of carbonyl (C=O) groups excluding carboxylic acids is 1. The predicted molar refractivity (Wildman–Crippen MR) is 122 cm³/mol. The van der Waals surface area contributed by atoms with Crippen LogP contribution in [0.5, 0.6) is 0 Å². The molecule has 1 fully saturated rings. The minimum Gasteiger partial charge on any atom is -0.397 e. The molecule has 1 aliphatic rings. The second-order valence-corrected chi connectivity index (χ2v) is 8.60. The SMILES string of the molecule is NC(=O)c1sc2nc(N3CCC(N)CC3)cc(C=Cc3ccc(Cl)cc3)c2c1N. The number of thiophene rings is 1. The normalized spacial score (nSPS) is 15.4. The van der Waals surface area contributed by atoms with Crippen LogP contribution in [0.15, 0.2) is 30.3 Å². The Morgan fingerprint density at radius 3 is 2.55 bits per heavy atom. The maximum Gasteiger partial charge on any atom is 0.260 e. The lowest BCUT2D eigenvalue weighted by atomic mass is 10.0. The van der Waals surface area contributed by atoms with Gasteiger partial charge in [0.1, 0.15) is 15.5 Å². The van der Waals surface area contributed by atoms with Gasteiger partial charge in [-0.2, -0.15) is 0 Å². The highest BCUT2D eigenvalue weighted by Gasteiger charge is 2.22. The van der Waals surface area contributed by atoms with E-state index in [2.05, 4.69) is 4.90 Å². The Balaban J connectivity index is 1.80. The van der Waals surface area contributed by atoms with Gasteiger partial charge in [-0.15, -0.1) is 11.3 Å². The molecule has 6 nitrogen and oxygen atoms in total. The van der Waals surface area contributed by atoms with Gasteiger partial charge >= 0.3 is 0 Å². The molecule has 8 heteroatoms. The zero-order valence-corrected chi connectivity index (χ0v) is 17.3. The molecule has 0 radical (unpaired) electrons. The van der Waals surface area contributed by atoms with Gasteiger partial charge in [0.2, 0.25) is 0 Å². The second-order valence-electron chi connectivity index (χ2n) is 7.17. The van der Waals surface area contributed by atoms with Crippen LogP contribution >= 0.6 is 22.9 Å². The van der Waals surface area contributed by atoms with E-state index in [0.717, 1.165) is 48.3 Å². The number of amides is 1. The third-order valence-corrected chi connectivity index (χ3v) is 6.49. The van der Waals surface area contributed by atoms with Gasteiger partial charge in [-0.25, -0.2) is 4.98 Å². The molecule has 29 heavy (non-hydrogen) atoms. The van der Waals surface area contributed by atoms with Crippen molar-refractivity contribution in [1.82, 2.24) is 4.98 Å². The molecule has 4 rings (SSSR count). The number of nitrogens with zero attached hydrogens (tertiary/aromatic N) is 2. The van der Waals surface area contributed by atoms with Crippen molar-refractivity contribution in [2.45, 2.75) is 18.9 Å². The van der Waals surface area contributed by atoms with E-state index in [0.29, 0.717) is 20.4 Å². The van der Waals surface area contributed by atoms with Crippen LogP contribution in [0.4, 0.5) is 11.5 Å². The smallest absolute Gasteiger partial charge is 0.260 e. The van der Waals surface area contributed by atoms with Gasteiger partial charge in [0, 0.05) is 29.5 Å². The average Bonchev–Trinajstić information content (AvgIpc) is 3.05. The van der Waals surface area contributed by atoms with Crippen molar-refractivity contribution in [2.24, 2.45) is 11.5 Å². The number of primary amides is 1. The minimum atomic E-state index is -0.538. The van der Waals surface area contributed by atoms with E-state index < -0.39 is 5.91 Å². The van der Waals surface area contributed by atoms with Crippen LogP contribution in [0.2, 0.25) is 5.02 Å². The highest BCUT2D eigenvalue weighted by Crippen LogP contribution is 2.37. The Morgan fingerprint density at radius 2 is 1.90 bits per heavy atom. The number of benzene rings is 1.